The second-order valence-electron chi connectivity index (χ2n) is 3.97. The molecule has 0 aliphatic rings. The van der Waals surface area contributed by atoms with Crippen LogP contribution >= 0.6 is 0 Å². The van der Waals surface area contributed by atoms with Gasteiger partial charge in [0, 0.05) is 18.4 Å². The molecule has 2 aromatic rings. The molecule has 0 fully saturated rings. The van der Waals surface area contributed by atoms with Gasteiger partial charge in [-0.15, -0.1) is 0 Å². The molecule has 1 unspecified atom stereocenters. The van der Waals surface area contributed by atoms with Crippen LogP contribution in [0.1, 0.15) is 6.92 Å². The Bertz CT molecular complexity index is 481. The minimum atomic E-state index is -0.402. The van der Waals surface area contributed by atoms with E-state index in [2.05, 4.69) is 10.4 Å². The quantitative estimate of drug-likeness (QED) is 0.796. The highest BCUT2D eigenvalue weighted by atomic mass is 19.1. The Morgan fingerprint density at radius 3 is 3.00 bits per heavy atom. The SMILES string of the molecule is CC(Cn1cccn1)Nc1cccc(F)c1N. The molecule has 1 aromatic heterocycles. The molecule has 0 saturated heterocycles. The summed E-state index contributed by atoms with van der Waals surface area (Å²) in [6.45, 7) is 2.69. The molecule has 0 radical (unpaired) electrons. The van der Waals surface area contributed by atoms with E-state index in [9.17, 15) is 4.39 Å². The van der Waals surface area contributed by atoms with Crippen LogP contribution in [0.4, 0.5) is 15.8 Å². The molecule has 0 saturated carbocycles. The molecule has 1 atom stereocenters. The fourth-order valence-corrected chi connectivity index (χ4v) is 1.66. The van der Waals surface area contributed by atoms with Crippen LogP contribution in [0, 0.1) is 5.82 Å². The van der Waals surface area contributed by atoms with E-state index in [4.69, 9.17) is 5.73 Å². The summed E-state index contributed by atoms with van der Waals surface area (Å²) >= 11 is 0. The number of nitrogens with two attached hydrogens (primary N) is 1. The van der Waals surface area contributed by atoms with Crippen molar-refractivity contribution >= 4 is 11.4 Å². The summed E-state index contributed by atoms with van der Waals surface area (Å²) in [5.74, 6) is -0.402. The first kappa shape index (κ1) is 11.4. The molecule has 90 valence electrons. The molecule has 17 heavy (non-hydrogen) atoms. The molecule has 2 rings (SSSR count). The van der Waals surface area contributed by atoms with Gasteiger partial charge in [0.05, 0.1) is 17.9 Å². The second kappa shape index (κ2) is 4.86. The first-order valence-electron chi connectivity index (χ1n) is 5.45. The van der Waals surface area contributed by atoms with Gasteiger partial charge in [-0.05, 0) is 25.1 Å². The fraction of sp³-hybridized carbons (Fsp3) is 0.250. The van der Waals surface area contributed by atoms with Crippen LogP contribution in [0.15, 0.2) is 36.7 Å². The monoisotopic (exact) mass is 234 g/mol. The molecule has 3 N–H and O–H groups in total. The van der Waals surface area contributed by atoms with Crippen molar-refractivity contribution in [1.29, 1.82) is 0 Å². The lowest BCUT2D eigenvalue weighted by atomic mass is 10.2. The van der Waals surface area contributed by atoms with Crippen molar-refractivity contribution in [2.45, 2.75) is 19.5 Å². The van der Waals surface area contributed by atoms with Crippen LogP contribution in [0.2, 0.25) is 0 Å². The molecule has 5 heteroatoms. The minimum Gasteiger partial charge on any atom is -0.395 e. The molecule has 0 spiro atoms. The lowest BCUT2D eigenvalue weighted by Crippen LogP contribution is -2.22. The van der Waals surface area contributed by atoms with Gasteiger partial charge in [0.1, 0.15) is 5.82 Å². The number of aromatic nitrogens is 2. The van der Waals surface area contributed by atoms with Crippen LogP contribution in [0.3, 0.4) is 0 Å². The third kappa shape index (κ3) is 2.75. The molecule has 0 amide bonds. The van der Waals surface area contributed by atoms with E-state index in [-0.39, 0.29) is 11.7 Å². The van der Waals surface area contributed by atoms with Crippen LogP contribution < -0.4 is 11.1 Å². The van der Waals surface area contributed by atoms with Crippen molar-refractivity contribution in [2.75, 3.05) is 11.1 Å². The predicted octanol–water partition coefficient (Wildman–Crippen LogP) is 2.10. The Morgan fingerprint density at radius 1 is 1.47 bits per heavy atom. The van der Waals surface area contributed by atoms with E-state index in [1.165, 1.54) is 6.07 Å². The van der Waals surface area contributed by atoms with E-state index < -0.39 is 5.82 Å². The third-order valence-corrected chi connectivity index (χ3v) is 2.47. The van der Waals surface area contributed by atoms with Gasteiger partial charge in [-0.2, -0.15) is 5.10 Å². The fourth-order valence-electron chi connectivity index (χ4n) is 1.66. The molecule has 0 bridgehead atoms. The number of para-hydroxylation sites is 1. The van der Waals surface area contributed by atoms with Gasteiger partial charge in [0.15, 0.2) is 0 Å². The van der Waals surface area contributed by atoms with Gasteiger partial charge >= 0.3 is 0 Å². The van der Waals surface area contributed by atoms with Crippen molar-refractivity contribution in [1.82, 2.24) is 9.78 Å². The van der Waals surface area contributed by atoms with Gasteiger partial charge in [0.25, 0.3) is 0 Å². The smallest absolute Gasteiger partial charge is 0.148 e. The van der Waals surface area contributed by atoms with Crippen molar-refractivity contribution in [3.8, 4) is 0 Å². The molecule has 1 heterocycles. The lowest BCUT2D eigenvalue weighted by Gasteiger charge is -2.16. The van der Waals surface area contributed by atoms with Crippen molar-refractivity contribution < 1.29 is 4.39 Å². The topological polar surface area (TPSA) is 55.9 Å². The molecular formula is C12H15FN4. The van der Waals surface area contributed by atoms with Gasteiger partial charge in [-0.1, -0.05) is 6.07 Å². The highest BCUT2D eigenvalue weighted by Crippen LogP contribution is 2.21. The first-order chi connectivity index (χ1) is 8.16. The number of hydrogen-bond donors (Lipinski definition) is 2. The summed E-state index contributed by atoms with van der Waals surface area (Å²) in [6, 6.07) is 6.72. The summed E-state index contributed by atoms with van der Waals surface area (Å²) in [7, 11) is 0. The predicted molar refractivity (Wildman–Crippen MR) is 66.1 cm³/mol. The number of nitrogens with zero attached hydrogens (tertiary/aromatic N) is 2. The third-order valence-electron chi connectivity index (χ3n) is 2.47. The second-order valence-corrected chi connectivity index (χ2v) is 3.97. The number of benzene rings is 1. The molecule has 0 aliphatic heterocycles. The Labute approximate surface area is 99.2 Å². The highest BCUT2D eigenvalue weighted by molar-refractivity contribution is 5.66. The average molecular weight is 234 g/mol. The van der Waals surface area contributed by atoms with E-state index >= 15 is 0 Å². The summed E-state index contributed by atoms with van der Waals surface area (Å²) < 4.78 is 15.0. The number of nitrogen functional groups attached to an aromatic ring is 1. The zero-order valence-electron chi connectivity index (χ0n) is 9.60. The number of halogens is 1. The zero-order chi connectivity index (χ0) is 12.3. The maximum atomic E-state index is 13.2. The number of anilines is 2. The summed E-state index contributed by atoms with van der Waals surface area (Å²) in [4.78, 5) is 0. The Kier molecular flexibility index (Phi) is 3.27. The van der Waals surface area contributed by atoms with E-state index in [1.54, 1.807) is 18.3 Å². The standard InChI is InChI=1S/C12H15FN4/c1-9(8-17-7-3-6-15-17)16-11-5-2-4-10(13)12(11)14/h2-7,9,16H,8,14H2,1H3. The maximum Gasteiger partial charge on any atom is 0.148 e. The maximum absolute atomic E-state index is 13.2. The number of nitrogens with one attached hydrogen (secondary N) is 1. The van der Waals surface area contributed by atoms with Crippen LogP contribution in [-0.2, 0) is 6.54 Å². The average Bonchev–Trinajstić information content (AvgIpc) is 2.77. The Hall–Kier alpha value is -2.04. The van der Waals surface area contributed by atoms with Gasteiger partial charge < -0.3 is 11.1 Å². The number of hydrogen-bond acceptors (Lipinski definition) is 3. The summed E-state index contributed by atoms with van der Waals surface area (Å²) in [6.07, 6.45) is 3.61. The zero-order valence-corrected chi connectivity index (χ0v) is 9.60. The van der Waals surface area contributed by atoms with E-state index in [0.29, 0.717) is 12.2 Å². The molecule has 0 aliphatic carbocycles. The highest BCUT2D eigenvalue weighted by Gasteiger charge is 2.08. The lowest BCUT2D eigenvalue weighted by molar-refractivity contribution is 0.560. The molecule has 4 nitrogen and oxygen atoms in total. The van der Waals surface area contributed by atoms with Crippen LogP contribution in [0.5, 0.6) is 0 Å². The largest absolute Gasteiger partial charge is 0.395 e. The van der Waals surface area contributed by atoms with Crippen molar-refractivity contribution in [3.63, 3.8) is 0 Å². The van der Waals surface area contributed by atoms with E-state index in [0.717, 1.165) is 0 Å². The number of rotatable bonds is 4. The normalized spacial score (nSPS) is 12.4. The van der Waals surface area contributed by atoms with Gasteiger partial charge in [-0.3, -0.25) is 4.68 Å². The Balaban J connectivity index is 2.03. The van der Waals surface area contributed by atoms with Gasteiger partial charge in [-0.25, -0.2) is 4.39 Å². The van der Waals surface area contributed by atoms with Gasteiger partial charge in [0.2, 0.25) is 0 Å². The minimum absolute atomic E-state index is 0.110. The Morgan fingerprint density at radius 2 is 2.29 bits per heavy atom. The van der Waals surface area contributed by atoms with Crippen molar-refractivity contribution in [3.05, 3.63) is 42.5 Å². The molecule has 1 aromatic carbocycles. The first-order valence-corrected chi connectivity index (χ1v) is 5.45. The van der Waals surface area contributed by atoms with E-state index in [1.807, 2.05) is 23.9 Å². The summed E-state index contributed by atoms with van der Waals surface area (Å²) in [5.41, 5.74) is 6.41. The van der Waals surface area contributed by atoms with Crippen LogP contribution in [0.25, 0.3) is 0 Å². The van der Waals surface area contributed by atoms with Crippen molar-refractivity contribution in [2.24, 2.45) is 0 Å². The van der Waals surface area contributed by atoms with Crippen LogP contribution in [-0.4, -0.2) is 15.8 Å². The summed E-state index contributed by atoms with van der Waals surface area (Å²) in [5, 5.41) is 7.27. The molecular weight excluding hydrogens is 219 g/mol.